The van der Waals surface area contributed by atoms with Gasteiger partial charge in [0.15, 0.2) is 0 Å². The number of anilines is 1. The van der Waals surface area contributed by atoms with Crippen molar-refractivity contribution in [2.24, 2.45) is 0 Å². The first-order valence-corrected chi connectivity index (χ1v) is 10.9. The second kappa shape index (κ2) is 9.72. The Hall–Kier alpha value is -3.74. The number of rotatable bonds is 9. The molecule has 4 rings (SSSR count). The van der Waals surface area contributed by atoms with Gasteiger partial charge in [-0.25, -0.2) is 18.9 Å². The summed E-state index contributed by atoms with van der Waals surface area (Å²) < 4.78 is 71.2. The maximum Gasteiger partial charge on any atom is 0.461 e. The van der Waals surface area contributed by atoms with Crippen LogP contribution in [-0.2, 0) is 12.1 Å². The average molecular weight is 511 g/mol. The van der Waals surface area contributed by atoms with Crippen LogP contribution in [0.15, 0.2) is 61.2 Å². The molecule has 0 saturated carbocycles. The zero-order valence-electron chi connectivity index (χ0n) is 18.9. The molecule has 0 bridgehead atoms. The Morgan fingerprint density at radius 1 is 1.11 bits per heavy atom. The molecule has 0 aliphatic carbocycles. The zero-order valence-corrected chi connectivity index (χ0v) is 18.9. The number of carbonyl (C=O) groups excluding carboxylic acids is 1. The van der Waals surface area contributed by atoms with Crippen molar-refractivity contribution in [2.75, 3.05) is 18.0 Å². The minimum absolute atomic E-state index is 0.0271. The quantitative estimate of drug-likeness (QED) is 0.441. The molecule has 1 fully saturated rings. The first-order valence-electron chi connectivity index (χ1n) is 10.9. The van der Waals surface area contributed by atoms with Gasteiger partial charge in [-0.3, -0.25) is 4.90 Å². The number of aliphatic hydroxyl groups is 1. The van der Waals surface area contributed by atoms with E-state index in [4.69, 9.17) is 0 Å². The monoisotopic (exact) mass is 511 g/mol. The van der Waals surface area contributed by atoms with Crippen molar-refractivity contribution < 1.29 is 36.6 Å². The van der Waals surface area contributed by atoms with E-state index in [2.05, 4.69) is 14.8 Å². The molecule has 1 saturated heterocycles. The Labute approximate surface area is 202 Å². The highest BCUT2D eigenvalue weighted by Crippen LogP contribution is 2.35. The van der Waals surface area contributed by atoms with Gasteiger partial charge in [0, 0.05) is 24.3 Å². The van der Waals surface area contributed by atoms with Gasteiger partial charge in [0.25, 0.3) is 0 Å². The lowest BCUT2D eigenvalue weighted by Gasteiger charge is -2.39. The summed E-state index contributed by atoms with van der Waals surface area (Å²) in [5, 5.41) is 15.7. The molecule has 1 aromatic heterocycles. The van der Waals surface area contributed by atoms with Crippen LogP contribution in [0.2, 0.25) is 0 Å². The Morgan fingerprint density at radius 3 is 2.42 bits per heavy atom. The molecular weight excluding hydrogens is 489 g/mol. The average Bonchev–Trinajstić information content (AvgIpc) is 3.48. The van der Waals surface area contributed by atoms with Crippen LogP contribution >= 0.6 is 0 Å². The summed E-state index contributed by atoms with van der Waals surface area (Å²) in [5.74, 6) is -1.16. The predicted molar refractivity (Wildman–Crippen MR) is 117 cm³/mol. The molecular formula is C23H22F5N5O3. The highest BCUT2D eigenvalue weighted by atomic mass is 19.3. The largest absolute Gasteiger partial charge is 0.461 e. The Bertz CT molecular complexity index is 1200. The second-order valence-corrected chi connectivity index (χ2v) is 8.26. The summed E-state index contributed by atoms with van der Waals surface area (Å²) in [4.78, 5) is 19.8. The van der Waals surface area contributed by atoms with Crippen LogP contribution in [0, 0.1) is 5.82 Å². The van der Waals surface area contributed by atoms with E-state index in [9.17, 15) is 31.9 Å². The summed E-state index contributed by atoms with van der Waals surface area (Å²) >= 11 is 0. The van der Waals surface area contributed by atoms with Crippen molar-refractivity contribution in [3.63, 3.8) is 0 Å². The van der Waals surface area contributed by atoms with Gasteiger partial charge in [0.1, 0.15) is 29.8 Å². The van der Waals surface area contributed by atoms with Crippen molar-refractivity contribution in [2.45, 2.75) is 37.6 Å². The van der Waals surface area contributed by atoms with Crippen LogP contribution in [0.1, 0.15) is 12.5 Å². The van der Waals surface area contributed by atoms with E-state index in [1.54, 1.807) is 13.0 Å². The highest BCUT2D eigenvalue weighted by molar-refractivity contribution is 5.94. The number of benzene rings is 2. The molecule has 2 aromatic carbocycles. The molecule has 3 aromatic rings. The minimum Gasteiger partial charge on any atom is -0.428 e. The van der Waals surface area contributed by atoms with Crippen LogP contribution in [0.4, 0.5) is 32.4 Å². The van der Waals surface area contributed by atoms with Gasteiger partial charge in [-0.1, -0.05) is 18.2 Å². The molecule has 1 N–H and O–H groups in total. The fraction of sp³-hybridized carbons (Fsp3) is 0.348. The molecule has 2 atom stereocenters. The lowest BCUT2D eigenvalue weighted by Crippen LogP contribution is -2.53. The van der Waals surface area contributed by atoms with E-state index in [0.29, 0.717) is 5.69 Å². The van der Waals surface area contributed by atoms with Crippen molar-refractivity contribution in [1.29, 1.82) is 0 Å². The lowest BCUT2D eigenvalue weighted by atomic mass is 9.85. The molecule has 13 heteroatoms. The fourth-order valence-electron chi connectivity index (χ4n) is 4.12. The molecule has 1 aliphatic heterocycles. The summed E-state index contributed by atoms with van der Waals surface area (Å²) in [7, 11) is 0. The van der Waals surface area contributed by atoms with Gasteiger partial charge < -0.3 is 14.7 Å². The molecule has 0 radical (unpaired) electrons. The normalized spacial score (nSPS) is 16.9. The summed E-state index contributed by atoms with van der Waals surface area (Å²) in [6, 6.07) is 8.87. The SMILES string of the molecule is C[C@@H](N1CCN(c2ccc(OC(F)(F)C(F)F)cc2)C1=O)[C@](O)(Cn1cncn1)c1ccccc1F. The third kappa shape index (κ3) is 4.83. The Morgan fingerprint density at radius 2 is 1.81 bits per heavy atom. The smallest absolute Gasteiger partial charge is 0.428 e. The van der Waals surface area contributed by atoms with E-state index in [1.165, 1.54) is 57.5 Å². The van der Waals surface area contributed by atoms with E-state index in [1.807, 2.05) is 0 Å². The van der Waals surface area contributed by atoms with Crippen LogP contribution in [0.5, 0.6) is 5.75 Å². The minimum atomic E-state index is -4.65. The van der Waals surface area contributed by atoms with E-state index >= 15 is 0 Å². The topological polar surface area (TPSA) is 83.7 Å². The van der Waals surface area contributed by atoms with Crippen LogP contribution in [0.25, 0.3) is 0 Å². The van der Waals surface area contributed by atoms with E-state index < -0.39 is 41.8 Å². The standard InChI is InChI=1S/C23H22F5N5O3/c1-15(22(35,12-31-14-29-13-30-31)18-4-2-3-5-19(18)24)32-10-11-33(21(32)34)16-6-8-17(9-7-16)36-23(27,28)20(25)26/h2-9,13-15,20,35H,10-12H2,1H3/t15-,22-/m1/s1. The Kier molecular flexibility index (Phi) is 6.85. The number of aromatic nitrogens is 3. The Balaban J connectivity index is 1.56. The third-order valence-electron chi connectivity index (χ3n) is 6.07. The predicted octanol–water partition coefficient (Wildman–Crippen LogP) is 3.87. The van der Waals surface area contributed by atoms with Crippen LogP contribution in [0.3, 0.4) is 0 Å². The van der Waals surface area contributed by atoms with E-state index in [-0.39, 0.29) is 25.2 Å². The van der Waals surface area contributed by atoms with Gasteiger partial charge in [0.2, 0.25) is 0 Å². The zero-order chi connectivity index (χ0) is 26.1. The van der Waals surface area contributed by atoms with Crippen molar-refractivity contribution in [3.05, 3.63) is 72.6 Å². The van der Waals surface area contributed by atoms with Gasteiger partial charge in [-0.2, -0.15) is 22.7 Å². The molecule has 36 heavy (non-hydrogen) atoms. The molecule has 0 spiro atoms. The summed E-state index contributed by atoms with van der Waals surface area (Å²) in [5.41, 5.74) is -1.61. The van der Waals surface area contributed by atoms with Crippen molar-refractivity contribution in [1.82, 2.24) is 19.7 Å². The van der Waals surface area contributed by atoms with Gasteiger partial charge >= 0.3 is 18.6 Å². The number of ether oxygens (including phenoxy) is 1. The van der Waals surface area contributed by atoms with E-state index in [0.717, 1.165) is 12.1 Å². The molecule has 192 valence electrons. The lowest BCUT2D eigenvalue weighted by molar-refractivity contribution is -0.253. The van der Waals surface area contributed by atoms with Crippen LogP contribution < -0.4 is 9.64 Å². The summed E-state index contributed by atoms with van der Waals surface area (Å²) in [6.07, 6.45) is -6.03. The van der Waals surface area contributed by atoms with Crippen molar-refractivity contribution in [3.8, 4) is 5.75 Å². The number of hydrogen-bond donors (Lipinski definition) is 1. The van der Waals surface area contributed by atoms with Gasteiger partial charge in [0.05, 0.1) is 12.6 Å². The summed E-state index contributed by atoms with van der Waals surface area (Å²) in [6.45, 7) is 1.72. The fourth-order valence-corrected chi connectivity index (χ4v) is 4.12. The molecule has 0 unspecified atom stereocenters. The number of urea groups is 1. The second-order valence-electron chi connectivity index (χ2n) is 8.26. The maximum absolute atomic E-state index is 14.8. The first-order chi connectivity index (χ1) is 17.0. The van der Waals surface area contributed by atoms with Gasteiger partial charge in [-0.15, -0.1) is 0 Å². The maximum atomic E-state index is 14.8. The first kappa shape index (κ1) is 25.4. The van der Waals surface area contributed by atoms with Crippen LogP contribution in [-0.4, -0.2) is 62.5 Å². The molecule has 1 aliphatic rings. The number of carbonyl (C=O) groups is 1. The number of halogens is 5. The number of nitrogens with zero attached hydrogens (tertiary/aromatic N) is 5. The van der Waals surface area contributed by atoms with Gasteiger partial charge in [-0.05, 0) is 37.3 Å². The third-order valence-corrected chi connectivity index (χ3v) is 6.07. The molecule has 2 amide bonds. The van der Waals surface area contributed by atoms with Crippen molar-refractivity contribution >= 4 is 11.7 Å². The number of amides is 2. The molecule has 2 heterocycles. The number of alkyl halides is 4. The highest BCUT2D eigenvalue weighted by Gasteiger charge is 2.46. The molecule has 8 nitrogen and oxygen atoms in total. The number of hydrogen-bond acceptors (Lipinski definition) is 5.